The number of nitrogens with one attached hydrogen (secondary N) is 1. The van der Waals surface area contributed by atoms with Crippen LogP contribution in [0.4, 0.5) is 10.5 Å². The SMILES string of the molecule is O=C(O)CC1CN(Cc2ccc(Cl)cc2Cl)C(=O)N(Cc2ccccc2C(=O)Nc2ccccc2Oc2ccccc2)C1. The molecule has 0 aromatic heterocycles. The van der Waals surface area contributed by atoms with E-state index in [9.17, 15) is 19.5 Å². The summed E-state index contributed by atoms with van der Waals surface area (Å²) >= 11 is 12.4. The van der Waals surface area contributed by atoms with Gasteiger partial charge in [-0.2, -0.15) is 0 Å². The first-order valence-electron chi connectivity index (χ1n) is 13.7. The van der Waals surface area contributed by atoms with Crippen molar-refractivity contribution >= 4 is 46.8 Å². The van der Waals surface area contributed by atoms with Crippen molar-refractivity contribution in [2.24, 2.45) is 5.92 Å². The average molecular weight is 619 g/mol. The van der Waals surface area contributed by atoms with Gasteiger partial charge in [0.1, 0.15) is 5.75 Å². The first-order valence-corrected chi connectivity index (χ1v) is 14.4. The van der Waals surface area contributed by atoms with E-state index in [1.165, 1.54) is 0 Å². The predicted molar refractivity (Wildman–Crippen MR) is 166 cm³/mol. The molecule has 0 bridgehead atoms. The van der Waals surface area contributed by atoms with Crippen molar-refractivity contribution in [3.8, 4) is 11.5 Å². The zero-order valence-corrected chi connectivity index (χ0v) is 24.6. The predicted octanol–water partition coefficient (Wildman–Crippen LogP) is 7.57. The molecule has 0 spiro atoms. The maximum Gasteiger partial charge on any atom is 0.320 e. The van der Waals surface area contributed by atoms with E-state index in [0.29, 0.717) is 43.9 Å². The Bertz CT molecular complexity index is 1630. The molecule has 43 heavy (non-hydrogen) atoms. The van der Waals surface area contributed by atoms with Crippen LogP contribution in [0, 0.1) is 5.92 Å². The number of carbonyl (C=O) groups excluding carboxylic acids is 2. The number of carboxylic acids is 1. The number of ether oxygens (including phenoxy) is 1. The molecular formula is C33H29Cl2N3O5. The molecule has 0 radical (unpaired) electrons. The number of hydrogen-bond acceptors (Lipinski definition) is 4. The average Bonchev–Trinajstić information content (AvgIpc) is 2.98. The molecule has 1 heterocycles. The number of halogens is 2. The number of amides is 3. The Hall–Kier alpha value is -4.53. The zero-order valence-electron chi connectivity index (χ0n) is 23.1. The minimum Gasteiger partial charge on any atom is -0.481 e. The lowest BCUT2D eigenvalue weighted by atomic mass is 9.99. The van der Waals surface area contributed by atoms with Crippen LogP contribution in [0.1, 0.15) is 27.9 Å². The lowest BCUT2D eigenvalue weighted by molar-refractivity contribution is -0.138. The van der Waals surface area contributed by atoms with Crippen molar-refractivity contribution in [3.05, 3.63) is 124 Å². The van der Waals surface area contributed by atoms with E-state index < -0.39 is 5.97 Å². The van der Waals surface area contributed by atoms with E-state index >= 15 is 0 Å². The van der Waals surface area contributed by atoms with Crippen LogP contribution in [0.25, 0.3) is 0 Å². The molecule has 0 saturated carbocycles. The fourth-order valence-corrected chi connectivity index (χ4v) is 5.55. The smallest absolute Gasteiger partial charge is 0.320 e. The summed E-state index contributed by atoms with van der Waals surface area (Å²) < 4.78 is 5.99. The summed E-state index contributed by atoms with van der Waals surface area (Å²) in [5.74, 6) is -0.507. The molecular weight excluding hydrogens is 589 g/mol. The highest BCUT2D eigenvalue weighted by atomic mass is 35.5. The molecule has 1 aliphatic rings. The normalized spacial score (nSPS) is 14.8. The fourth-order valence-electron chi connectivity index (χ4n) is 5.08. The molecule has 4 aromatic carbocycles. The Morgan fingerprint density at radius 2 is 1.49 bits per heavy atom. The number of carbonyl (C=O) groups is 3. The van der Waals surface area contributed by atoms with Gasteiger partial charge in [0.15, 0.2) is 5.75 Å². The maximum atomic E-state index is 13.7. The highest BCUT2D eigenvalue weighted by Gasteiger charge is 2.34. The van der Waals surface area contributed by atoms with Gasteiger partial charge in [-0.15, -0.1) is 0 Å². The quantitative estimate of drug-likeness (QED) is 0.191. The second-order valence-electron chi connectivity index (χ2n) is 10.3. The summed E-state index contributed by atoms with van der Waals surface area (Å²) in [7, 11) is 0. The van der Waals surface area contributed by atoms with E-state index in [4.69, 9.17) is 27.9 Å². The van der Waals surface area contributed by atoms with Gasteiger partial charge in [0.25, 0.3) is 5.91 Å². The van der Waals surface area contributed by atoms with Crippen LogP contribution < -0.4 is 10.1 Å². The number of benzene rings is 4. The van der Waals surface area contributed by atoms with E-state index in [0.717, 1.165) is 0 Å². The van der Waals surface area contributed by atoms with Crippen LogP contribution in [0.3, 0.4) is 0 Å². The number of nitrogens with zero attached hydrogens (tertiary/aromatic N) is 2. The van der Waals surface area contributed by atoms with Crippen LogP contribution in [0.5, 0.6) is 11.5 Å². The topological polar surface area (TPSA) is 99.2 Å². The van der Waals surface area contributed by atoms with Crippen LogP contribution in [0.2, 0.25) is 10.0 Å². The Kier molecular flexibility index (Phi) is 9.49. The molecule has 1 fully saturated rings. The number of rotatable bonds is 10. The Morgan fingerprint density at radius 1 is 0.837 bits per heavy atom. The molecule has 1 aliphatic heterocycles. The summed E-state index contributed by atoms with van der Waals surface area (Å²) in [6.45, 7) is 0.813. The third kappa shape index (κ3) is 7.66. The van der Waals surface area contributed by atoms with E-state index in [2.05, 4.69) is 5.32 Å². The lowest BCUT2D eigenvalue weighted by Gasteiger charge is -2.40. The van der Waals surface area contributed by atoms with Crippen molar-refractivity contribution in [2.75, 3.05) is 18.4 Å². The van der Waals surface area contributed by atoms with Crippen LogP contribution in [-0.2, 0) is 17.9 Å². The van der Waals surface area contributed by atoms with Gasteiger partial charge in [-0.3, -0.25) is 9.59 Å². The van der Waals surface area contributed by atoms with Gasteiger partial charge in [0.2, 0.25) is 0 Å². The third-order valence-corrected chi connectivity index (χ3v) is 7.65. The lowest BCUT2D eigenvalue weighted by Crippen LogP contribution is -2.53. The molecule has 3 amide bonds. The highest BCUT2D eigenvalue weighted by molar-refractivity contribution is 6.35. The zero-order chi connectivity index (χ0) is 30.3. The maximum absolute atomic E-state index is 13.7. The number of anilines is 1. The molecule has 1 unspecified atom stereocenters. The van der Waals surface area contributed by atoms with Crippen LogP contribution in [-0.4, -0.2) is 45.9 Å². The van der Waals surface area contributed by atoms with Crippen LogP contribution >= 0.6 is 23.2 Å². The molecule has 10 heteroatoms. The monoisotopic (exact) mass is 617 g/mol. The second kappa shape index (κ2) is 13.6. The second-order valence-corrected chi connectivity index (χ2v) is 11.1. The third-order valence-electron chi connectivity index (χ3n) is 7.07. The minimum absolute atomic E-state index is 0.102. The molecule has 1 atom stereocenters. The van der Waals surface area contributed by atoms with Crippen molar-refractivity contribution in [3.63, 3.8) is 0 Å². The summed E-state index contributed by atoms with van der Waals surface area (Å²) in [4.78, 5) is 42.0. The summed E-state index contributed by atoms with van der Waals surface area (Å²) in [6, 6.07) is 28.2. The largest absolute Gasteiger partial charge is 0.481 e. The molecule has 220 valence electrons. The summed E-state index contributed by atoms with van der Waals surface area (Å²) in [5, 5.41) is 13.4. The number of hydrogen-bond donors (Lipinski definition) is 2. The Labute approximate surface area is 259 Å². The van der Waals surface area contributed by atoms with Crippen LogP contribution in [0.15, 0.2) is 97.1 Å². The molecule has 1 saturated heterocycles. The standard InChI is InChI=1S/C33H29Cl2N3O5/c34-25-15-14-24(28(35)17-25)21-38-19-22(16-31(39)40)18-37(33(38)42)20-23-8-4-5-11-27(23)32(41)36-29-12-6-7-13-30(29)43-26-9-2-1-3-10-26/h1-15,17,22H,16,18-21H2,(H,36,41)(H,39,40). The van der Waals surface area contributed by atoms with Crippen molar-refractivity contribution in [1.82, 2.24) is 9.80 Å². The van der Waals surface area contributed by atoms with Gasteiger partial charge < -0.3 is 25.0 Å². The van der Waals surface area contributed by atoms with Gasteiger partial charge in [-0.05, 0) is 53.6 Å². The Balaban J connectivity index is 1.36. The number of para-hydroxylation sites is 3. The van der Waals surface area contributed by atoms with E-state index in [1.54, 1.807) is 70.5 Å². The fraction of sp³-hybridized carbons (Fsp3) is 0.182. The first kappa shape index (κ1) is 29.9. The molecule has 4 aromatic rings. The highest BCUT2D eigenvalue weighted by Crippen LogP contribution is 2.31. The minimum atomic E-state index is -0.945. The summed E-state index contributed by atoms with van der Waals surface area (Å²) in [5.41, 5.74) is 2.20. The number of urea groups is 1. The molecule has 0 aliphatic carbocycles. The molecule has 2 N–H and O–H groups in total. The van der Waals surface area contributed by atoms with E-state index in [-0.39, 0.29) is 50.5 Å². The van der Waals surface area contributed by atoms with E-state index in [1.807, 2.05) is 36.4 Å². The van der Waals surface area contributed by atoms with Crippen molar-refractivity contribution in [2.45, 2.75) is 19.5 Å². The van der Waals surface area contributed by atoms with Gasteiger partial charge in [0.05, 0.1) is 12.1 Å². The van der Waals surface area contributed by atoms with Gasteiger partial charge in [-0.25, -0.2) is 4.79 Å². The number of aliphatic carboxylic acids is 1. The summed E-state index contributed by atoms with van der Waals surface area (Å²) in [6.07, 6.45) is -0.102. The van der Waals surface area contributed by atoms with Gasteiger partial charge >= 0.3 is 12.0 Å². The number of carboxylic acid groups (broad SMARTS) is 1. The van der Waals surface area contributed by atoms with Crippen molar-refractivity contribution < 1.29 is 24.2 Å². The molecule has 5 rings (SSSR count). The van der Waals surface area contributed by atoms with Crippen molar-refractivity contribution in [1.29, 1.82) is 0 Å². The van der Waals surface area contributed by atoms with Gasteiger partial charge in [0, 0.05) is 47.7 Å². The van der Waals surface area contributed by atoms with Gasteiger partial charge in [-0.1, -0.05) is 77.8 Å². The molecule has 8 nitrogen and oxygen atoms in total. The first-order chi connectivity index (χ1) is 20.8. The Morgan fingerprint density at radius 3 is 2.21 bits per heavy atom.